The number of ether oxygens (including phenoxy) is 1. The van der Waals surface area contributed by atoms with E-state index in [2.05, 4.69) is 4.74 Å². The van der Waals surface area contributed by atoms with E-state index in [9.17, 15) is 20.0 Å². The van der Waals surface area contributed by atoms with E-state index in [1.165, 1.54) is 7.11 Å². The molecule has 7 heteroatoms. The minimum absolute atomic E-state index is 0. The molecule has 1 aromatic carbocycles. The van der Waals surface area contributed by atoms with Crippen LogP contribution in [0.15, 0.2) is 12.1 Å². The number of carbonyl (C=O) groups excluding carboxylic acids is 1. The number of nitro benzene ring substituents is 1. The summed E-state index contributed by atoms with van der Waals surface area (Å²) >= 11 is 0. The third-order valence-corrected chi connectivity index (χ3v) is 1.67. The zero-order valence-electron chi connectivity index (χ0n) is 8.22. The van der Waals surface area contributed by atoms with Crippen molar-refractivity contribution in [2.24, 2.45) is 0 Å². The van der Waals surface area contributed by atoms with Gasteiger partial charge in [0.1, 0.15) is 5.75 Å². The first-order chi connectivity index (χ1) is 6.61. The number of nitro groups is 1. The first kappa shape index (κ1) is 13.9. The van der Waals surface area contributed by atoms with Gasteiger partial charge in [-0.05, 0) is 11.8 Å². The monoisotopic (exact) mass is 219 g/mol. The summed E-state index contributed by atoms with van der Waals surface area (Å²) in [4.78, 5) is 20.1. The number of hydrogen-bond donors (Lipinski definition) is 0. The Balaban J connectivity index is 0.00000196. The van der Waals surface area contributed by atoms with E-state index in [1.54, 1.807) is 0 Å². The molecular weight excluding hydrogens is 213 g/mol. The average Bonchev–Trinajstić information content (AvgIpc) is 2.17. The molecule has 0 aromatic heterocycles. The first-order valence-electron chi connectivity index (χ1n) is 3.59. The van der Waals surface area contributed by atoms with Crippen LogP contribution < -0.4 is 39.4 Å². The Bertz CT molecular complexity index is 393. The van der Waals surface area contributed by atoms with Crippen LogP contribution in [0.5, 0.6) is 11.5 Å². The van der Waals surface area contributed by atoms with Gasteiger partial charge >= 0.3 is 29.6 Å². The van der Waals surface area contributed by atoms with E-state index in [-0.39, 0.29) is 41.6 Å². The molecule has 0 radical (unpaired) electrons. The Labute approximate surface area is 107 Å². The third-order valence-electron chi connectivity index (χ3n) is 1.67. The predicted octanol–water partition coefficient (Wildman–Crippen LogP) is -2.51. The topological polar surface area (TPSA) is 92.5 Å². The van der Waals surface area contributed by atoms with Gasteiger partial charge in [0.15, 0.2) is 6.29 Å². The quantitative estimate of drug-likeness (QED) is 0.242. The molecule has 0 N–H and O–H groups in total. The molecule has 0 aliphatic heterocycles. The smallest absolute Gasteiger partial charge is 0.869 e. The number of methoxy groups -OCH3 is 1. The number of carbonyl (C=O) groups is 1. The Morgan fingerprint density at radius 2 is 2.07 bits per heavy atom. The van der Waals surface area contributed by atoms with Crippen LogP contribution in [0.25, 0.3) is 0 Å². The maximum atomic E-state index is 11.3. The zero-order valence-corrected chi connectivity index (χ0v) is 10.2. The van der Waals surface area contributed by atoms with E-state index >= 15 is 0 Å². The summed E-state index contributed by atoms with van der Waals surface area (Å²) in [6, 6.07) is 2.22. The standard InChI is InChI=1S/C8H7NO5.Na/c1-14-7-3-2-6(9(12)13)5(4-10)8(7)11;/h2-4,11H,1H3;/q;+1/p-1. The second kappa shape index (κ2) is 5.69. The van der Waals surface area contributed by atoms with Crippen LogP contribution >= 0.6 is 0 Å². The minimum atomic E-state index is -0.787. The third kappa shape index (κ3) is 2.68. The fourth-order valence-electron chi connectivity index (χ4n) is 1.00. The van der Waals surface area contributed by atoms with Crippen molar-refractivity contribution in [1.29, 1.82) is 0 Å². The van der Waals surface area contributed by atoms with Gasteiger partial charge in [0.2, 0.25) is 0 Å². The molecule has 0 aliphatic rings. The van der Waals surface area contributed by atoms with E-state index < -0.39 is 21.9 Å². The van der Waals surface area contributed by atoms with Crippen molar-refractivity contribution < 1.29 is 49.1 Å². The van der Waals surface area contributed by atoms with Crippen molar-refractivity contribution in [3.05, 3.63) is 27.8 Å². The van der Waals surface area contributed by atoms with Crippen LogP contribution in [0.1, 0.15) is 10.4 Å². The Morgan fingerprint density at radius 1 is 1.47 bits per heavy atom. The van der Waals surface area contributed by atoms with E-state index in [0.29, 0.717) is 0 Å². The van der Waals surface area contributed by atoms with Crippen LogP contribution in [0, 0.1) is 10.1 Å². The Kier molecular flexibility index (Phi) is 5.27. The average molecular weight is 219 g/mol. The molecule has 0 saturated heterocycles. The second-order valence-electron chi connectivity index (χ2n) is 2.40. The molecule has 0 aliphatic carbocycles. The van der Waals surface area contributed by atoms with Crippen LogP contribution in [0.2, 0.25) is 0 Å². The van der Waals surface area contributed by atoms with E-state index in [1.807, 2.05) is 0 Å². The van der Waals surface area contributed by atoms with Gasteiger partial charge < -0.3 is 9.84 Å². The van der Waals surface area contributed by atoms with Crippen molar-refractivity contribution in [3.8, 4) is 11.5 Å². The van der Waals surface area contributed by atoms with Gasteiger partial charge in [0.25, 0.3) is 5.69 Å². The predicted molar refractivity (Wildman–Crippen MR) is 44.5 cm³/mol. The first-order valence-corrected chi connectivity index (χ1v) is 3.59. The molecule has 1 rings (SSSR count). The molecular formula is C8H6NNaO5. The molecule has 15 heavy (non-hydrogen) atoms. The summed E-state index contributed by atoms with van der Waals surface area (Å²) in [5.74, 6) is -0.852. The minimum Gasteiger partial charge on any atom is -0.869 e. The van der Waals surface area contributed by atoms with Crippen LogP contribution in [0.4, 0.5) is 5.69 Å². The summed E-state index contributed by atoms with van der Waals surface area (Å²) in [7, 11) is 1.25. The van der Waals surface area contributed by atoms with Gasteiger partial charge in [-0.25, -0.2) is 0 Å². The van der Waals surface area contributed by atoms with Gasteiger partial charge in [0, 0.05) is 6.07 Å². The second-order valence-corrected chi connectivity index (χ2v) is 2.40. The molecule has 0 heterocycles. The van der Waals surface area contributed by atoms with Gasteiger partial charge in [0.05, 0.1) is 17.6 Å². The fraction of sp³-hybridized carbons (Fsp3) is 0.125. The summed E-state index contributed by atoms with van der Waals surface area (Å²) in [6.07, 6.45) is 0.156. The molecule has 0 bridgehead atoms. The normalized spacial score (nSPS) is 8.87. The maximum Gasteiger partial charge on any atom is 1.00 e. The maximum absolute atomic E-state index is 11.3. The SMILES string of the molecule is COc1ccc([N+](=O)[O-])c(C=O)c1[O-].[Na+]. The van der Waals surface area contributed by atoms with Crippen LogP contribution in [0.3, 0.4) is 0 Å². The summed E-state index contributed by atoms with van der Waals surface area (Å²) in [5, 5.41) is 21.7. The molecule has 6 nitrogen and oxygen atoms in total. The van der Waals surface area contributed by atoms with Crippen molar-refractivity contribution in [2.45, 2.75) is 0 Å². The van der Waals surface area contributed by atoms with E-state index in [0.717, 1.165) is 12.1 Å². The number of rotatable bonds is 3. The Morgan fingerprint density at radius 3 is 2.47 bits per heavy atom. The number of hydrogen-bond acceptors (Lipinski definition) is 5. The van der Waals surface area contributed by atoms with Crippen molar-refractivity contribution >= 4 is 12.0 Å². The summed E-state index contributed by atoms with van der Waals surface area (Å²) < 4.78 is 4.63. The van der Waals surface area contributed by atoms with E-state index in [4.69, 9.17) is 0 Å². The molecule has 0 fully saturated rings. The molecule has 0 amide bonds. The zero-order chi connectivity index (χ0) is 10.7. The summed E-state index contributed by atoms with van der Waals surface area (Å²) in [6.45, 7) is 0. The van der Waals surface area contributed by atoms with Gasteiger partial charge in [-0.15, -0.1) is 0 Å². The molecule has 0 spiro atoms. The van der Waals surface area contributed by atoms with Crippen molar-refractivity contribution in [1.82, 2.24) is 0 Å². The molecule has 74 valence electrons. The number of aldehydes is 1. The molecule has 0 saturated carbocycles. The van der Waals surface area contributed by atoms with Crippen molar-refractivity contribution in [2.75, 3.05) is 7.11 Å². The van der Waals surface area contributed by atoms with Crippen LogP contribution in [-0.2, 0) is 0 Å². The fourth-order valence-corrected chi connectivity index (χ4v) is 1.00. The number of nitrogens with zero attached hydrogens (tertiary/aromatic N) is 1. The number of benzene rings is 1. The Hall–Kier alpha value is -1.11. The molecule has 0 unspecified atom stereocenters. The molecule has 1 aromatic rings. The van der Waals surface area contributed by atoms with Gasteiger partial charge in [-0.3, -0.25) is 14.9 Å². The van der Waals surface area contributed by atoms with Crippen molar-refractivity contribution in [3.63, 3.8) is 0 Å². The van der Waals surface area contributed by atoms with Gasteiger partial charge in [-0.2, -0.15) is 0 Å². The van der Waals surface area contributed by atoms with Gasteiger partial charge in [-0.1, -0.05) is 0 Å². The largest absolute Gasteiger partial charge is 1.00 e. The molecule has 0 atom stereocenters. The summed E-state index contributed by atoms with van der Waals surface area (Å²) in [5.41, 5.74) is -1.000. The van der Waals surface area contributed by atoms with Crippen LogP contribution in [-0.4, -0.2) is 18.3 Å².